The van der Waals surface area contributed by atoms with Gasteiger partial charge in [-0.1, -0.05) is 0 Å². The molecule has 3 atom stereocenters. The minimum Gasteiger partial charge on any atom is -0.481 e. The molecule has 2 saturated heterocycles. The number of rotatable bonds is 2. The number of carboxylic acid groups (broad SMARTS) is 1. The fraction of sp³-hybridized carbons (Fsp3) is 0.750. The van der Waals surface area contributed by atoms with Crippen molar-refractivity contribution in [1.82, 2.24) is 4.90 Å². The molecule has 0 aromatic carbocycles. The van der Waals surface area contributed by atoms with Crippen molar-refractivity contribution in [2.24, 2.45) is 11.1 Å². The summed E-state index contributed by atoms with van der Waals surface area (Å²) in [6.07, 6.45) is 0. The third-order valence-electron chi connectivity index (χ3n) is 2.90. The number of hydrogen-bond donors (Lipinski definition) is 2. The minimum atomic E-state index is -1.02. The van der Waals surface area contributed by atoms with E-state index in [1.165, 1.54) is 16.7 Å². The molecule has 16 heavy (non-hydrogen) atoms. The summed E-state index contributed by atoms with van der Waals surface area (Å²) in [7, 11) is 0. The van der Waals surface area contributed by atoms with Gasteiger partial charge in [-0.25, -0.2) is 0 Å². The second-order valence-corrected chi connectivity index (χ2v) is 5.28. The van der Waals surface area contributed by atoms with Crippen molar-refractivity contribution in [2.75, 3.05) is 18.2 Å². The van der Waals surface area contributed by atoms with Crippen molar-refractivity contribution in [3.05, 3.63) is 0 Å². The van der Waals surface area contributed by atoms with Crippen LogP contribution in [0.5, 0.6) is 0 Å². The number of nitrogens with zero attached hydrogens (tertiary/aromatic N) is 1. The second kappa shape index (κ2) is 4.60. The summed E-state index contributed by atoms with van der Waals surface area (Å²) in [6, 6.07) is -0.475. The second-order valence-electron chi connectivity index (χ2n) is 3.91. The van der Waals surface area contributed by atoms with E-state index in [4.69, 9.17) is 22.4 Å². The molecule has 0 aromatic heterocycles. The van der Waals surface area contributed by atoms with Crippen LogP contribution in [0.25, 0.3) is 0 Å². The quantitative estimate of drug-likeness (QED) is 0.550. The zero-order valence-corrected chi connectivity index (χ0v) is 10.6. The molecular weight excluding hydrogens is 275 g/mol. The highest BCUT2D eigenvalue weighted by Gasteiger charge is 2.55. The summed E-state index contributed by atoms with van der Waals surface area (Å²) in [6.45, 7) is 0.177. The Kier molecular flexibility index (Phi) is 3.99. The summed E-state index contributed by atoms with van der Waals surface area (Å²) in [5.74, 6) is -0.700. The van der Waals surface area contributed by atoms with E-state index in [1.807, 2.05) is 0 Å². The number of fused-ring (bicyclic) bond motifs is 1. The minimum absolute atomic E-state index is 0. The van der Waals surface area contributed by atoms with Crippen LogP contribution < -0.4 is 5.73 Å². The predicted octanol–water partition coefficient (Wildman–Crippen LogP) is -0.0396. The number of alkyl halides is 1. The maximum absolute atomic E-state index is 11.4. The van der Waals surface area contributed by atoms with Gasteiger partial charge in [-0.15, -0.1) is 35.8 Å². The average molecular weight is 287 g/mol. The Hall–Kier alpha value is -0.170. The number of halogens is 2. The number of carbonyl (C=O) groups is 2. The van der Waals surface area contributed by atoms with Crippen molar-refractivity contribution in [2.45, 2.75) is 11.4 Å². The highest BCUT2D eigenvalue weighted by Crippen LogP contribution is 2.41. The summed E-state index contributed by atoms with van der Waals surface area (Å²) in [5, 5.41) is 9.04. The summed E-state index contributed by atoms with van der Waals surface area (Å²) in [5.41, 5.74) is 4.57. The topological polar surface area (TPSA) is 83.6 Å². The summed E-state index contributed by atoms with van der Waals surface area (Å²) in [4.78, 5) is 24.0. The van der Waals surface area contributed by atoms with Crippen molar-refractivity contribution >= 4 is 47.6 Å². The first-order chi connectivity index (χ1) is 7.02. The SMILES string of the molecule is Cl.N[C@@H]1C(=O)N2CC(CCl)(C(=O)O)CS[C@H]12. The van der Waals surface area contributed by atoms with Gasteiger partial charge in [0, 0.05) is 18.2 Å². The molecule has 92 valence electrons. The molecule has 0 aromatic rings. The van der Waals surface area contributed by atoms with Gasteiger partial charge in [0.25, 0.3) is 0 Å². The lowest BCUT2D eigenvalue weighted by atomic mass is 9.89. The maximum Gasteiger partial charge on any atom is 0.313 e. The van der Waals surface area contributed by atoms with Gasteiger partial charge in [-0.3, -0.25) is 9.59 Å². The lowest BCUT2D eigenvalue weighted by Crippen LogP contribution is -2.72. The molecule has 2 fully saturated rings. The Balaban J connectivity index is 0.00000128. The van der Waals surface area contributed by atoms with Crippen LogP contribution >= 0.6 is 35.8 Å². The van der Waals surface area contributed by atoms with Crippen LogP contribution in [0, 0.1) is 5.41 Å². The van der Waals surface area contributed by atoms with Crippen LogP contribution in [0.2, 0.25) is 0 Å². The van der Waals surface area contributed by atoms with Crippen molar-refractivity contribution in [1.29, 1.82) is 0 Å². The fourth-order valence-corrected chi connectivity index (χ4v) is 3.69. The first-order valence-corrected chi connectivity index (χ1v) is 6.07. The van der Waals surface area contributed by atoms with Crippen LogP contribution in [0.15, 0.2) is 0 Å². The van der Waals surface area contributed by atoms with Gasteiger partial charge in [0.1, 0.15) is 16.8 Å². The largest absolute Gasteiger partial charge is 0.481 e. The Morgan fingerprint density at radius 1 is 1.75 bits per heavy atom. The molecule has 1 amide bonds. The lowest BCUT2D eigenvalue weighted by Gasteiger charge is -2.52. The molecule has 8 heteroatoms. The van der Waals surface area contributed by atoms with Crippen LogP contribution in [-0.4, -0.2) is 51.5 Å². The van der Waals surface area contributed by atoms with E-state index in [9.17, 15) is 9.59 Å². The van der Waals surface area contributed by atoms with Crippen LogP contribution in [0.4, 0.5) is 0 Å². The predicted molar refractivity (Wildman–Crippen MR) is 64.0 cm³/mol. The van der Waals surface area contributed by atoms with Crippen LogP contribution in [-0.2, 0) is 9.59 Å². The van der Waals surface area contributed by atoms with E-state index >= 15 is 0 Å². The first kappa shape index (κ1) is 13.9. The number of hydrogen-bond acceptors (Lipinski definition) is 4. The number of nitrogens with two attached hydrogens (primary N) is 1. The van der Waals surface area contributed by atoms with Gasteiger partial charge in [0.05, 0.1) is 0 Å². The first-order valence-electron chi connectivity index (χ1n) is 4.49. The molecule has 2 aliphatic rings. The standard InChI is InChI=1S/C8H11ClN2O3S.ClH/c9-1-8(7(13)14)2-11-5(12)4(10)6(11)15-3-8;/h4,6H,1-3,10H2,(H,13,14);1H/t4-,6-,8?;/m1./s1. The highest BCUT2D eigenvalue weighted by molar-refractivity contribution is 8.00. The van der Waals surface area contributed by atoms with Crippen molar-refractivity contribution < 1.29 is 14.7 Å². The number of carboxylic acids is 1. The van der Waals surface area contributed by atoms with E-state index in [0.29, 0.717) is 5.75 Å². The Labute approximate surface area is 108 Å². The molecular formula is C8H12Cl2N2O3S. The van der Waals surface area contributed by atoms with Crippen molar-refractivity contribution in [3.63, 3.8) is 0 Å². The zero-order chi connectivity index (χ0) is 11.2. The molecule has 0 bridgehead atoms. The van der Waals surface area contributed by atoms with E-state index in [0.717, 1.165) is 0 Å². The molecule has 0 aliphatic carbocycles. The van der Waals surface area contributed by atoms with Crippen LogP contribution in [0.3, 0.4) is 0 Å². The van der Waals surface area contributed by atoms with E-state index in [-0.39, 0.29) is 36.1 Å². The lowest BCUT2D eigenvalue weighted by molar-refractivity contribution is -0.155. The Bertz CT molecular complexity index is 330. The summed E-state index contributed by atoms with van der Waals surface area (Å²) < 4.78 is 0. The average Bonchev–Trinajstić information content (AvgIpc) is 2.26. The molecule has 3 N–H and O–H groups in total. The van der Waals surface area contributed by atoms with E-state index in [2.05, 4.69) is 0 Å². The molecule has 5 nitrogen and oxygen atoms in total. The molecule has 0 spiro atoms. The van der Waals surface area contributed by atoms with Gasteiger partial charge in [0.2, 0.25) is 5.91 Å². The molecule has 1 unspecified atom stereocenters. The highest BCUT2D eigenvalue weighted by atomic mass is 35.5. The van der Waals surface area contributed by atoms with Crippen molar-refractivity contribution in [3.8, 4) is 0 Å². The van der Waals surface area contributed by atoms with Gasteiger partial charge in [-0.05, 0) is 0 Å². The third kappa shape index (κ3) is 1.77. The zero-order valence-electron chi connectivity index (χ0n) is 8.26. The molecule has 2 rings (SSSR count). The Morgan fingerprint density at radius 2 is 2.38 bits per heavy atom. The van der Waals surface area contributed by atoms with Crippen LogP contribution in [0.1, 0.15) is 0 Å². The van der Waals surface area contributed by atoms with E-state index < -0.39 is 17.4 Å². The number of aliphatic carboxylic acids is 1. The monoisotopic (exact) mass is 286 g/mol. The number of thioether (sulfide) groups is 1. The molecule has 0 radical (unpaired) electrons. The van der Waals surface area contributed by atoms with Gasteiger partial charge < -0.3 is 15.7 Å². The van der Waals surface area contributed by atoms with Gasteiger partial charge in [0.15, 0.2) is 0 Å². The summed E-state index contributed by atoms with van der Waals surface area (Å²) >= 11 is 7.09. The van der Waals surface area contributed by atoms with Gasteiger partial charge >= 0.3 is 5.97 Å². The third-order valence-corrected chi connectivity index (χ3v) is 5.02. The molecule has 0 saturated carbocycles. The fourth-order valence-electron chi connectivity index (χ4n) is 1.80. The molecule has 2 aliphatic heterocycles. The number of amides is 1. The number of carbonyl (C=O) groups excluding carboxylic acids is 1. The Morgan fingerprint density at radius 3 is 2.88 bits per heavy atom. The number of β-lactam (4-membered cyclic amide) rings is 1. The normalized spacial score (nSPS) is 37.1. The molecule has 2 heterocycles. The smallest absolute Gasteiger partial charge is 0.313 e. The van der Waals surface area contributed by atoms with E-state index in [1.54, 1.807) is 0 Å². The van der Waals surface area contributed by atoms with Gasteiger partial charge in [-0.2, -0.15) is 0 Å². The maximum atomic E-state index is 11.4.